The van der Waals surface area contributed by atoms with E-state index in [-0.39, 0.29) is 23.5 Å². The van der Waals surface area contributed by atoms with Crippen molar-refractivity contribution in [1.29, 1.82) is 0 Å². The van der Waals surface area contributed by atoms with E-state index >= 15 is 0 Å². The van der Waals surface area contributed by atoms with Crippen molar-refractivity contribution < 1.29 is 22.7 Å². The van der Waals surface area contributed by atoms with Gasteiger partial charge in [0, 0.05) is 11.7 Å². The Morgan fingerprint density at radius 3 is 2.76 bits per heavy atom. The number of rotatable bonds is 4. The van der Waals surface area contributed by atoms with E-state index in [2.05, 4.69) is 0 Å². The van der Waals surface area contributed by atoms with Gasteiger partial charge in [-0.1, -0.05) is 6.07 Å². The molecule has 1 unspecified atom stereocenters. The number of carbonyl (C=O) groups is 2. The highest BCUT2D eigenvalue weighted by Gasteiger charge is 2.32. The van der Waals surface area contributed by atoms with Crippen LogP contribution in [-0.4, -0.2) is 32.9 Å². The summed E-state index contributed by atoms with van der Waals surface area (Å²) in [5.41, 5.74) is 1.33. The summed E-state index contributed by atoms with van der Waals surface area (Å²) in [7, 11) is -3.80. The summed E-state index contributed by atoms with van der Waals surface area (Å²) in [5, 5.41) is 6.89. The van der Waals surface area contributed by atoms with Crippen molar-refractivity contribution in [2.45, 2.75) is 24.3 Å². The van der Waals surface area contributed by atoms with E-state index < -0.39 is 16.0 Å². The molecule has 0 saturated carbocycles. The largest absolute Gasteiger partial charge is 0.451 e. The van der Waals surface area contributed by atoms with Gasteiger partial charge in [-0.25, -0.2) is 18.4 Å². The number of thiophene rings is 1. The van der Waals surface area contributed by atoms with Crippen molar-refractivity contribution in [3.8, 4) is 0 Å². The van der Waals surface area contributed by atoms with E-state index in [0.29, 0.717) is 17.0 Å². The van der Waals surface area contributed by atoms with Gasteiger partial charge in [0.25, 0.3) is 5.91 Å². The molecule has 2 N–H and O–H groups in total. The van der Waals surface area contributed by atoms with E-state index in [1.165, 1.54) is 28.4 Å². The molecule has 132 valence electrons. The first-order valence-electron chi connectivity index (χ1n) is 7.46. The standard InChI is InChI=1S/C16H16N2O5S2/c1-10-7-11-8-12(25(17,21)22)4-5-13(11)18(10)15(19)9-23-16(20)14-3-2-6-24-14/h2-6,8,10H,7,9H2,1H3,(H2,17,21,22). The Bertz CT molecular complexity index is 922. The monoisotopic (exact) mass is 380 g/mol. The van der Waals surface area contributed by atoms with Crippen molar-refractivity contribution >= 4 is 38.9 Å². The molecular formula is C16H16N2O5S2. The maximum Gasteiger partial charge on any atom is 0.348 e. The molecule has 1 aliphatic rings. The molecular weight excluding hydrogens is 364 g/mol. The zero-order chi connectivity index (χ0) is 18.2. The molecule has 3 rings (SSSR count). The summed E-state index contributed by atoms with van der Waals surface area (Å²) in [6, 6.07) is 7.58. The van der Waals surface area contributed by atoms with Gasteiger partial charge in [-0.05, 0) is 48.6 Å². The fourth-order valence-electron chi connectivity index (χ4n) is 2.83. The molecule has 0 fully saturated rings. The number of esters is 1. The third kappa shape index (κ3) is 3.58. The van der Waals surface area contributed by atoms with Crippen LogP contribution in [0, 0.1) is 0 Å². The van der Waals surface area contributed by atoms with Crippen LogP contribution in [0.1, 0.15) is 22.2 Å². The number of benzene rings is 1. The highest BCUT2D eigenvalue weighted by atomic mass is 32.2. The van der Waals surface area contributed by atoms with Gasteiger partial charge >= 0.3 is 5.97 Å². The molecule has 1 aromatic carbocycles. The minimum atomic E-state index is -3.80. The number of hydrogen-bond donors (Lipinski definition) is 1. The minimum Gasteiger partial charge on any atom is -0.451 e. The van der Waals surface area contributed by atoms with E-state index in [9.17, 15) is 18.0 Å². The Kier molecular flexibility index (Phi) is 4.63. The average molecular weight is 380 g/mol. The number of amides is 1. The summed E-state index contributed by atoms with van der Waals surface area (Å²) >= 11 is 1.24. The number of sulfonamides is 1. The second-order valence-electron chi connectivity index (χ2n) is 5.71. The molecule has 0 spiro atoms. The molecule has 0 aliphatic carbocycles. The van der Waals surface area contributed by atoms with E-state index in [0.717, 1.165) is 5.56 Å². The third-order valence-electron chi connectivity index (χ3n) is 3.91. The van der Waals surface area contributed by atoms with Gasteiger partial charge in [-0.3, -0.25) is 4.79 Å². The SMILES string of the molecule is CC1Cc2cc(S(N)(=O)=O)ccc2N1C(=O)COC(=O)c1cccs1. The lowest BCUT2D eigenvalue weighted by molar-refractivity contribution is -0.122. The van der Waals surface area contributed by atoms with Crippen LogP contribution in [-0.2, 0) is 26.0 Å². The number of ether oxygens (including phenoxy) is 1. The lowest BCUT2D eigenvalue weighted by Gasteiger charge is -2.22. The lowest BCUT2D eigenvalue weighted by atomic mass is 10.1. The number of hydrogen-bond acceptors (Lipinski definition) is 6. The normalized spacial score (nSPS) is 16.6. The second kappa shape index (κ2) is 6.58. The molecule has 25 heavy (non-hydrogen) atoms. The zero-order valence-corrected chi connectivity index (χ0v) is 15.0. The average Bonchev–Trinajstić information content (AvgIpc) is 3.17. The Labute approximate surface area is 149 Å². The van der Waals surface area contributed by atoms with Crippen LogP contribution in [0.4, 0.5) is 5.69 Å². The van der Waals surface area contributed by atoms with Gasteiger partial charge in [-0.15, -0.1) is 11.3 Å². The second-order valence-corrected chi connectivity index (χ2v) is 8.21. The first-order valence-corrected chi connectivity index (χ1v) is 9.88. The van der Waals surface area contributed by atoms with Crippen molar-refractivity contribution in [2.75, 3.05) is 11.5 Å². The summed E-state index contributed by atoms with van der Waals surface area (Å²) in [5.74, 6) is -0.903. The Morgan fingerprint density at radius 1 is 1.36 bits per heavy atom. The summed E-state index contributed by atoms with van der Waals surface area (Å²) in [6.45, 7) is 1.47. The molecule has 2 heterocycles. The van der Waals surface area contributed by atoms with Crippen molar-refractivity contribution in [1.82, 2.24) is 0 Å². The lowest BCUT2D eigenvalue weighted by Crippen LogP contribution is -2.38. The molecule has 0 saturated heterocycles. The molecule has 1 aliphatic heterocycles. The Balaban J connectivity index is 1.75. The molecule has 2 aromatic rings. The van der Waals surface area contributed by atoms with Gasteiger partial charge in [-0.2, -0.15) is 0 Å². The maximum absolute atomic E-state index is 12.5. The number of nitrogens with two attached hydrogens (primary N) is 1. The Hall–Kier alpha value is -2.23. The molecule has 1 aromatic heterocycles. The van der Waals surface area contributed by atoms with Crippen molar-refractivity contribution in [3.63, 3.8) is 0 Å². The predicted molar refractivity (Wildman–Crippen MR) is 93.1 cm³/mol. The fourth-order valence-corrected chi connectivity index (χ4v) is 4.01. The highest BCUT2D eigenvalue weighted by molar-refractivity contribution is 7.89. The first kappa shape index (κ1) is 17.6. The van der Waals surface area contributed by atoms with E-state index in [4.69, 9.17) is 9.88 Å². The first-order chi connectivity index (χ1) is 11.8. The van der Waals surface area contributed by atoms with Gasteiger partial charge in [0.1, 0.15) is 4.88 Å². The maximum atomic E-state index is 12.5. The molecule has 0 bridgehead atoms. The molecule has 1 atom stereocenters. The van der Waals surface area contributed by atoms with E-state index in [1.54, 1.807) is 23.6 Å². The Morgan fingerprint density at radius 2 is 2.12 bits per heavy atom. The molecule has 1 amide bonds. The van der Waals surface area contributed by atoms with Crippen LogP contribution in [0.2, 0.25) is 0 Å². The number of anilines is 1. The van der Waals surface area contributed by atoms with Crippen LogP contribution in [0.3, 0.4) is 0 Å². The summed E-state index contributed by atoms with van der Waals surface area (Å²) in [6.07, 6.45) is 0.503. The van der Waals surface area contributed by atoms with Crippen molar-refractivity contribution in [2.24, 2.45) is 5.14 Å². The third-order valence-corrected chi connectivity index (χ3v) is 5.67. The van der Waals surface area contributed by atoms with Gasteiger partial charge < -0.3 is 9.64 Å². The van der Waals surface area contributed by atoms with Crippen LogP contribution >= 0.6 is 11.3 Å². The van der Waals surface area contributed by atoms with Crippen LogP contribution in [0.25, 0.3) is 0 Å². The zero-order valence-electron chi connectivity index (χ0n) is 13.3. The number of carbonyl (C=O) groups excluding carboxylic acids is 2. The predicted octanol–water partition coefficient (Wildman–Crippen LogP) is 1.53. The fraction of sp³-hybridized carbons (Fsp3) is 0.250. The number of fused-ring (bicyclic) bond motifs is 1. The molecule has 7 nitrogen and oxygen atoms in total. The van der Waals surface area contributed by atoms with E-state index in [1.807, 2.05) is 6.92 Å². The quantitative estimate of drug-likeness (QED) is 0.810. The van der Waals surface area contributed by atoms with Crippen LogP contribution in [0.5, 0.6) is 0 Å². The van der Waals surface area contributed by atoms with Crippen LogP contribution in [0.15, 0.2) is 40.6 Å². The number of primary sulfonamides is 1. The van der Waals surface area contributed by atoms with Gasteiger partial charge in [0.15, 0.2) is 6.61 Å². The van der Waals surface area contributed by atoms with Crippen molar-refractivity contribution in [3.05, 3.63) is 46.2 Å². The smallest absolute Gasteiger partial charge is 0.348 e. The molecule has 0 radical (unpaired) electrons. The van der Waals surface area contributed by atoms with Gasteiger partial charge in [0.05, 0.1) is 4.90 Å². The van der Waals surface area contributed by atoms with Gasteiger partial charge in [0.2, 0.25) is 10.0 Å². The minimum absolute atomic E-state index is 0.0110. The summed E-state index contributed by atoms with van der Waals surface area (Å²) in [4.78, 5) is 26.3. The topological polar surface area (TPSA) is 107 Å². The molecule has 9 heteroatoms. The summed E-state index contributed by atoms with van der Waals surface area (Å²) < 4.78 is 28.0. The highest BCUT2D eigenvalue weighted by Crippen LogP contribution is 2.33. The van der Waals surface area contributed by atoms with Crippen LogP contribution < -0.4 is 10.0 Å². The number of nitrogens with zero attached hydrogens (tertiary/aromatic N) is 1.